The minimum Gasteiger partial charge on any atom is -0.478 e. The minimum absolute atomic E-state index is 0.166. The number of carboxylic acid groups (broad SMARTS) is 1. The highest BCUT2D eigenvalue weighted by atomic mass is 32.1. The van der Waals surface area contributed by atoms with Gasteiger partial charge in [0.1, 0.15) is 5.00 Å². The van der Waals surface area contributed by atoms with Gasteiger partial charge in [-0.3, -0.25) is 4.79 Å². The number of carbonyl (C=O) groups excluding carboxylic acids is 1. The summed E-state index contributed by atoms with van der Waals surface area (Å²) in [5.41, 5.74) is 0.166. The molecule has 0 aliphatic rings. The lowest BCUT2D eigenvalue weighted by Crippen LogP contribution is -2.07. The Kier molecular flexibility index (Phi) is 3.47. The van der Waals surface area contributed by atoms with Crippen molar-refractivity contribution in [3.8, 4) is 0 Å². The summed E-state index contributed by atoms with van der Waals surface area (Å²) in [7, 11) is 0. The molecule has 2 N–H and O–H groups in total. The molecule has 0 atom stereocenters. The van der Waals surface area contributed by atoms with E-state index in [0.29, 0.717) is 5.00 Å². The van der Waals surface area contributed by atoms with Crippen molar-refractivity contribution >= 4 is 28.2 Å². The fraction of sp³-hybridized carbons (Fsp3) is 0.400. The summed E-state index contributed by atoms with van der Waals surface area (Å²) in [6, 6.07) is 1.61. The second-order valence-corrected chi connectivity index (χ2v) is 4.62. The van der Waals surface area contributed by atoms with Crippen LogP contribution in [0, 0.1) is 0 Å². The van der Waals surface area contributed by atoms with Crippen molar-refractivity contribution in [2.75, 3.05) is 5.32 Å². The van der Waals surface area contributed by atoms with Crippen LogP contribution >= 0.6 is 11.3 Å². The zero-order chi connectivity index (χ0) is 11.6. The lowest BCUT2D eigenvalue weighted by atomic mass is 10.1. The number of aromatic carboxylic acids is 1. The van der Waals surface area contributed by atoms with E-state index < -0.39 is 5.97 Å². The molecule has 0 fully saturated rings. The molecule has 0 bridgehead atoms. The highest BCUT2D eigenvalue weighted by Crippen LogP contribution is 2.32. The Balaban J connectivity index is 3.11. The van der Waals surface area contributed by atoms with Crippen LogP contribution in [0.4, 0.5) is 5.00 Å². The molecule has 0 radical (unpaired) electrons. The van der Waals surface area contributed by atoms with Crippen molar-refractivity contribution in [1.82, 2.24) is 0 Å². The summed E-state index contributed by atoms with van der Waals surface area (Å²) in [6.45, 7) is 5.32. The van der Waals surface area contributed by atoms with E-state index in [2.05, 4.69) is 5.32 Å². The number of rotatable bonds is 3. The van der Waals surface area contributed by atoms with Crippen LogP contribution in [0.25, 0.3) is 0 Å². The predicted molar refractivity (Wildman–Crippen MR) is 59.7 cm³/mol. The van der Waals surface area contributed by atoms with Crippen LogP contribution in [-0.4, -0.2) is 17.0 Å². The molecule has 1 rings (SSSR count). The summed E-state index contributed by atoms with van der Waals surface area (Å²) in [4.78, 5) is 22.7. The van der Waals surface area contributed by atoms with Crippen molar-refractivity contribution < 1.29 is 14.7 Å². The molecule has 4 nitrogen and oxygen atoms in total. The first-order valence-corrected chi connectivity index (χ1v) is 5.38. The monoisotopic (exact) mass is 227 g/mol. The number of nitrogens with one attached hydrogen (secondary N) is 1. The van der Waals surface area contributed by atoms with E-state index in [4.69, 9.17) is 5.11 Å². The molecular formula is C10H13NO3S. The second kappa shape index (κ2) is 4.44. The van der Waals surface area contributed by atoms with Gasteiger partial charge in [-0.25, -0.2) is 4.79 Å². The van der Waals surface area contributed by atoms with Gasteiger partial charge in [-0.05, 0) is 12.0 Å². The Bertz CT molecular complexity index is 395. The number of hydrogen-bond donors (Lipinski definition) is 2. The molecule has 0 saturated heterocycles. The Morgan fingerprint density at radius 2 is 2.07 bits per heavy atom. The Morgan fingerprint density at radius 3 is 2.47 bits per heavy atom. The third-order valence-electron chi connectivity index (χ3n) is 1.84. The van der Waals surface area contributed by atoms with E-state index in [1.165, 1.54) is 18.3 Å². The Hall–Kier alpha value is -1.36. The minimum atomic E-state index is -1.01. The van der Waals surface area contributed by atoms with Crippen LogP contribution in [0.15, 0.2) is 6.07 Å². The van der Waals surface area contributed by atoms with Crippen LogP contribution < -0.4 is 5.32 Å². The summed E-state index contributed by atoms with van der Waals surface area (Å²) < 4.78 is 0. The molecule has 0 spiro atoms. The largest absolute Gasteiger partial charge is 0.478 e. The van der Waals surface area contributed by atoms with Gasteiger partial charge >= 0.3 is 5.97 Å². The Labute approximate surface area is 91.9 Å². The van der Waals surface area contributed by atoms with E-state index in [-0.39, 0.29) is 17.4 Å². The van der Waals surface area contributed by atoms with Crippen LogP contribution in [-0.2, 0) is 4.79 Å². The molecule has 0 aliphatic carbocycles. The first-order chi connectivity index (χ1) is 6.91. The van der Waals surface area contributed by atoms with Gasteiger partial charge in [0.05, 0.1) is 5.56 Å². The number of amides is 1. The zero-order valence-corrected chi connectivity index (χ0v) is 9.64. The van der Waals surface area contributed by atoms with Gasteiger partial charge in [0, 0.05) is 11.8 Å². The molecule has 0 aromatic carbocycles. The molecular weight excluding hydrogens is 214 g/mol. The fourth-order valence-corrected chi connectivity index (χ4v) is 2.21. The topological polar surface area (TPSA) is 66.4 Å². The van der Waals surface area contributed by atoms with Gasteiger partial charge in [-0.15, -0.1) is 11.3 Å². The van der Waals surface area contributed by atoms with Gasteiger partial charge in [-0.2, -0.15) is 0 Å². The maximum Gasteiger partial charge on any atom is 0.338 e. The van der Waals surface area contributed by atoms with Gasteiger partial charge in [0.15, 0.2) is 0 Å². The molecule has 1 aromatic heterocycles. The molecule has 0 unspecified atom stereocenters. The lowest BCUT2D eigenvalue weighted by Gasteiger charge is -1.99. The number of thiophene rings is 1. The molecule has 0 aliphatic heterocycles. The number of anilines is 1. The number of carbonyl (C=O) groups is 2. The Morgan fingerprint density at radius 1 is 1.47 bits per heavy atom. The molecule has 5 heteroatoms. The van der Waals surface area contributed by atoms with Crippen molar-refractivity contribution in [1.29, 1.82) is 0 Å². The predicted octanol–water partition coefficient (Wildman–Crippen LogP) is 2.53. The first-order valence-electron chi connectivity index (χ1n) is 4.56. The van der Waals surface area contributed by atoms with E-state index in [1.54, 1.807) is 6.07 Å². The third-order valence-corrected chi connectivity index (χ3v) is 3.19. The van der Waals surface area contributed by atoms with Crippen LogP contribution in [0.5, 0.6) is 0 Å². The lowest BCUT2D eigenvalue weighted by molar-refractivity contribution is -0.114. The highest BCUT2D eigenvalue weighted by molar-refractivity contribution is 7.16. The van der Waals surface area contributed by atoms with Crippen molar-refractivity contribution in [2.24, 2.45) is 0 Å². The molecule has 0 saturated carbocycles. The van der Waals surface area contributed by atoms with Crippen LogP contribution in [0.2, 0.25) is 0 Å². The van der Waals surface area contributed by atoms with E-state index in [1.807, 2.05) is 13.8 Å². The van der Waals surface area contributed by atoms with Crippen molar-refractivity contribution in [2.45, 2.75) is 26.7 Å². The number of hydrogen-bond acceptors (Lipinski definition) is 3. The molecule has 1 aromatic rings. The molecule has 1 amide bonds. The van der Waals surface area contributed by atoms with Crippen molar-refractivity contribution in [3.63, 3.8) is 0 Å². The maximum absolute atomic E-state index is 10.9. The van der Waals surface area contributed by atoms with E-state index in [9.17, 15) is 9.59 Å². The van der Waals surface area contributed by atoms with E-state index >= 15 is 0 Å². The quantitative estimate of drug-likeness (QED) is 0.833. The van der Waals surface area contributed by atoms with Crippen LogP contribution in [0.3, 0.4) is 0 Å². The van der Waals surface area contributed by atoms with Gasteiger partial charge in [0.2, 0.25) is 5.91 Å². The molecule has 1 heterocycles. The summed E-state index contributed by atoms with van der Waals surface area (Å²) >= 11 is 1.31. The molecule has 82 valence electrons. The smallest absolute Gasteiger partial charge is 0.338 e. The standard InChI is InChI=1S/C10H13NO3S/c1-5(2)8-4-7(10(13)14)9(15-8)11-6(3)12/h4-5H,1-3H3,(H,11,12)(H,13,14). The molecule has 15 heavy (non-hydrogen) atoms. The highest BCUT2D eigenvalue weighted by Gasteiger charge is 2.17. The normalized spacial score (nSPS) is 10.4. The fourth-order valence-electron chi connectivity index (χ4n) is 1.11. The summed E-state index contributed by atoms with van der Waals surface area (Å²) in [5, 5.41) is 11.9. The van der Waals surface area contributed by atoms with Crippen LogP contribution in [0.1, 0.15) is 41.9 Å². The SMILES string of the molecule is CC(=O)Nc1sc(C(C)C)cc1C(=O)O. The first kappa shape index (κ1) is 11.7. The van der Waals surface area contributed by atoms with Gasteiger partial charge in [-0.1, -0.05) is 13.8 Å². The maximum atomic E-state index is 10.9. The average molecular weight is 227 g/mol. The second-order valence-electron chi connectivity index (χ2n) is 3.53. The summed E-state index contributed by atoms with van der Waals surface area (Å²) in [6.07, 6.45) is 0. The number of carboxylic acids is 1. The average Bonchev–Trinajstić information content (AvgIpc) is 2.46. The zero-order valence-electron chi connectivity index (χ0n) is 8.83. The van der Waals surface area contributed by atoms with Gasteiger partial charge in [0.25, 0.3) is 0 Å². The van der Waals surface area contributed by atoms with Gasteiger partial charge < -0.3 is 10.4 Å². The summed E-state index contributed by atoms with van der Waals surface area (Å²) in [5.74, 6) is -1.01. The third kappa shape index (κ3) is 2.79. The van der Waals surface area contributed by atoms with E-state index in [0.717, 1.165) is 4.88 Å². The van der Waals surface area contributed by atoms with Crippen molar-refractivity contribution in [3.05, 3.63) is 16.5 Å².